The third kappa shape index (κ3) is 2.44. The molecule has 5 nitrogen and oxygen atoms in total. The van der Waals surface area contributed by atoms with Gasteiger partial charge in [-0.25, -0.2) is 14.4 Å². The van der Waals surface area contributed by atoms with E-state index < -0.39 is 5.82 Å². The number of ether oxygens (including phenoxy) is 1. The molecular weight excluding hydrogens is 235 g/mol. The van der Waals surface area contributed by atoms with Gasteiger partial charge in [-0.1, -0.05) is 0 Å². The molecule has 0 bridgehead atoms. The van der Waals surface area contributed by atoms with Gasteiger partial charge in [-0.15, -0.1) is 0 Å². The van der Waals surface area contributed by atoms with Crippen molar-refractivity contribution < 1.29 is 9.13 Å². The van der Waals surface area contributed by atoms with Crippen molar-refractivity contribution in [1.82, 2.24) is 15.3 Å². The third-order valence-corrected chi connectivity index (χ3v) is 3.60. The van der Waals surface area contributed by atoms with Crippen LogP contribution >= 0.6 is 0 Å². The van der Waals surface area contributed by atoms with Crippen LogP contribution in [-0.2, 0) is 4.74 Å². The van der Waals surface area contributed by atoms with E-state index in [0.717, 1.165) is 32.4 Å². The Morgan fingerprint density at radius 2 is 2.28 bits per heavy atom. The van der Waals surface area contributed by atoms with E-state index in [1.165, 1.54) is 12.4 Å². The van der Waals surface area contributed by atoms with Crippen LogP contribution < -0.4 is 10.6 Å². The van der Waals surface area contributed by atoms with Gasteiger partial charge in [0.25, 0.3) is 0 Å². The predicted molar refractivity (Wildman–Crippen MR) is 64.8 cm³/mol. The smallest absolute Gasteiger partial charge is 0.223 e. The summed E-state index contributed by atoms with van der Waals surface area (Å²) in [7, 11) is 0. The Bertz CT molecular complexity index is 405. The molecule has 98 valence electrons. The van der Waals surface area contributed by atoms with Gasteiger partial charge in [-0.3, -0.25) is 0 Å². The lowest BCUT2D eigenvalue weighted by Crippen LogP contribution is -2.45. The molecule has 2 aliphatic heterocycles. The van der Waals surface area contributed by atoms with Gasteiger partial charge in [-0.2, -0.15) is 0 Å². The number of nitrogens with zero attached hydrogens (tertiary/aromatic N) is 2. The van der Waals surface area contributed by atoms with Crippen LogP contribution in [0.3, 0.4) is 0 Å². The van der Waals surface area contributed by atoms with E-state index in [0.29, 0.717) is 12.6 Å². The molecule has 18 heavy (non-hydrogen) atoms. The van der Waals surface area contributed by atoms with E-state index in [-0.39, 0.29) is 11.6 Å². The van der Waals surface area contributed by atoms with E-state index in [1.807, 2.05) is 0 Å². The summed E-state index contributed by atoms with van der Waals surface area (Å²) in [6.07, 6.45) is 5.54. The molecule has 0 saturated carbocycles. The number of nitrogens with one attached hydrogen (secondary N) is 2. The number of halogens is 1. The number of rotatable bonds is 2. The maximum Gasteiger partial charge on any atom is 0.223 e. The highest BCUT2D eigenvalue weighted by Crippen LogP contribution is 2.32. The van der Waals surface area contributed by atoms with Gasteiger partial charge in [-0.05, 0) is 19.4 Å². The fourth-order valence-corrected chi connectivity index (χ4v) is 2.74. The number of piperidine rings is 1. The Morgan fingerprint density at radius 3 is 3.00 bits per heavy atom. The molecule has 6 heteroatoms. The average Bonchev–Trinajstić information content (AvgIpc) is 2.76. The highest BCUT2D eigenvalue weighted by molar-refractivity contribution is 5.25. The molecule has 2 aliphatic rings. The largest absolute Gasteiger partial charge is 0.371 e. The van der Waals surface area contributed by atoms with E-state index in [4.69, 9.17) is 4.74 Å². The summed E-state index contributed by atoms with van der Waals surface area (Å²) in [6.45, 7) is 2.64. The lowest BCUT2D eigenvalue weighted by atomic mass is 9.90. The molecule has 0 aliphatic carbocycles. The van der Waals surface area contributed by atoms with Gasteiger partial charge in [0.15, 0.2) is 5.82 Å². The van der Waals surface area contributed by atoms with Gasteiger partial charge in [0.05, 0.1) is 30.6 Å². The summed E-state index contributed by atoms with van der Waals surface area (Å²) >= 11 is 0. The Hall–Kier alpha value is -1.27. The molecule has 0 aromatic carbocycles. The zero-order valence-electron chi connectivity index (χ0n) is 10.2. The predicted octanol–water partition coefficient (Wildman–Crippen LogP) is 0.939. The summed E-state index contributed by atoms with van der Waals surface area (Å²) in [4.78, 5) is 7.81. The third-order valence-electron chi connectivity index (χ3n) is 3.60. The second kappa shape index (κ2) is 4.78. The molecule has 1 spiro atoms. The minimum atomic E-state index is -0.420. The van der Waals surface area contributed by atoms with Gasteiger partial charge >= 0.3 is 0 Å². The minimum Gasteiger partial charge on any atom is -0.371 e. The molecule has 2 fully saturated rings. The molecule has 3 rings (SSSR count). The standard InChI is InChI=1S/C12H17FN4O/c13-9-5-15-11(16-6-9)17-10-4-12(18-7-10)2-1-3-14-8-12/h5-6,10,14H,1-4,7-8H2,(H,15,16,17). The second-order valence-corrected chi connectivity index (χ2v) is 5.04. The van der Waals surface area contributed by atoms with Crippen LogP contribution in [-0.4, -0.2) is 41.3 Å². The normalized spacial score (nSPS) is 31.7. The molecule has 3 heterocycles. The van der Waals surface area contributed by atoms with Crippen LogP contribution in [0.4, 0.5) is 10.3 Å². The highest BCUT2D eigenvalue weighted by atomic mass is 19.1. The maximum atomic E-state index is 12.7. The molecule has 1 aromatic rings. The van der Waals surface area contributed by atoms with E-state index in [9.17, 15) is 4.39 Å². The van der Waals surface area contributed by atoms with Crippen LogP contribution in [0, 0.1) is 5.82 Å². The Morgan fingerprint density at radius 1 is 1.44 bits per heavy atom. The minimum absolute atomic E-state index is 0.0318. The van der Waals surface area contributed by atoms with Crippen LogP contribution in [0.2, 0.25) is 0 Å². The summed E-state index contributed by atoms with van der Waals surface area (Å²) in [5, 5.41) is 6.57. The molecule has 2 unspecified atom stereocenters. The fraction of sp³-hybridized carbons (Fsp3) is 0.667. The Balaban J connectivity index is 1.60. The second-order valence-electron chi connectivity index (χ2n) is 5.04. The lowest BCUT2D eigenvalue weighted by Gasteiger charge is -2.32. The monoisotopic (exact) mass is 252 g/mol. The van der Waals surface area contributed by atoms with Gasteiger partial charge in [0, 0.05) is 13.0 Å². The molecule has 0 amide bonds. The lowest BCUT2D eigenvalue weighted by molar-refractivity contribution is -0.0138. The zero-order chi connectivity index (χ0) is 12.4. The number of hydrogen-bond donors (Lipinski definition) is 2. The van der Waals surface area contributed by atoms with Crippen molar-refractivity contribution in [2.75, 3.05) is 25.0 Å². The Labute approximate surface area is 105 Å². The maximum absolute atomic E-state index is 12.7. The van der Waals surface area contributed by atoms with Gasteiger partial charge in [0.2, 0.25) is 5.95 Å². The van der Waals surface area contributed by atoms with Crippen molar-refractivity contribution in [2.24, 2.45) is 0 Å². The van der Waals surface area contributed by atoms with Crippen LogP contribution in [0.15, 0.2) is 12.4 Å². The first kappa shape index (κ1) is 11.8. The topological polar surface area (TPSA) is 59.1 Å². The van der Waals surface area contributed by atoms with Crippen molar-refractivity contribution in [1.29, 1.82) is 0 Å². The number of hydrogen-bond acceptors (Lipinski definition) is 5. The van der Waals surface area contributed by atoms with E-state index in [1.54, 1.807) is 0 Å². The zero-order valence-corrected chi connectivity index (χ0v) is 10.2. The molecule has 2 atom stereocenters. The van der Waals surface area contributed by atoms with Crippen LogP contribution in [0.5, 0.6) is 0 Å². The summed E-state index contributed by atoms with van der Waals surface area (Å²) in [5.74, 6) is 0.0435. The van der Waals surface area contributed by atoms with Gasteiger partial charge < -0.3 is 15.4 Å². The van der Waals surface area contributed by atoms with Gasteiger partial charge in [0.1, 0.15) is 0 Å². The van der Waals surface area contributed by atoms with Crippen LogP contribution in [0.1, 0.15) is 19.3 Å². The van der Waals surface area contributed by atoms with Crippen LogP contribution in [0.25, 0.3) is 0 Å². The number of anilines is 1. The van der Waals surface area contributed by atoms with Crippen molar-refractivity contribution >= 4 is 5.95 Å². The SMILES string of the molecule is Fc1cnc(NC2COC3(CCCNC3)C2)nc1. The van der Waals surface area contributed by atoms with Crippen molar-refractivity contribution in [3.63, 3.8) is 0 Å². The molecule has 0 radical (unpaired) electrons. The summed E-state index contributed by atoms with van der Waals surface area (Å²) < 4.78 is 18.6. The quantitative estimate of drug-likeness (QED) is 0.820. The van der Waals surface area contributed by atoms with E-state index in [2.05, 4.69) is 20.6 Å². The molecule has 2 saturated heterocycles. The summed E-state index contributed by atoms with van der Waals surface area (Å²) in [5.41, 5.74) is -0.0318. The molecule has 1 aromatic heterocycles. The first-order valence-electron chi connectivity index (χ1n) is 6.35. The highest BCUT2D eigenvalue weighted by Gasteiger charge is 2.41. The molecule has 2 N–H and O–H groups in total. The fourth-order valence-electron chi connectivity index (χ4n) is 2.74. The van der Waals surface area contributed by atoms with Crippen molar-refractivity contribution in [3.05, 3.63) is 18.2 Å². The van der Waals surface area contributed by atoms with E-state index >= 15 is 0 Å². The Kier molecular flexibility index (Phi) is 3.13. The number of aromatic nitrogens is 2. The van der Waals surface area contributed by atoms with Crippen molar-refractivity contribution in [3.8, 4) is 0 Å². The first-order valence-corrected chi connectivity index (χ1v) is 6.35. The summed E-state index contributed by atoms with van der Waals surface area (Å²) in [6, 6.07) is 0.204. The first-order chi connectivity index (χ1) is 8.76. The van der Waals surface area contributed by atoms with Crippen molar-refractivity contribution in [2.45, 2.75) is 30.9 Å². The molecular formula is C12H17FN4O. The average molecular weight is 252 g/mol.